The summed E-state index contributed by atoms with van der Waals surface area (Å²) in [5.41, 5.74) is 0. The molecule has 0 spiro atoms. The van der Waals surface area contributed by atoms with E-state index in [0.717, 1.165) is 0 Å². The highest BCUT2D eigenvalue weighted by atomic mass is 16.5. The van der Waals surface area contributed by atoms with Crippen LogP contribution in [0.3, 0.4) is 0 Å². The standard InChI is InChI=1S/C7H12O3/c1-9-5-3-6(8)7(4-5)10-2/h5,7H,3-4H2,1-2H3. The first kappa shape index (κ1) is 7.69. The van der Waals surface area contributed by atoms with Crippen molar-refractivity contribution in [2.75, 3.05) is 14.2 Å². The molecule has 1 saturated carbocycles. The molecule has 10 heavy (non-hydrogen) atoms. The van der Waals surface area contributed by atoms with Crippen LogP contribution in [0.15, 0.2) is 0 Å². The highest BCUT2D eigenvalue weighted by molar-refractivity contribution is 5.85. The Balaban J connectivity index is 2.44. The number of ether oxygens (including phenoxy) is 2. The van der Waals surface area contributed by atoms with Crippen LogP contribution in [0.5, 0.6) is 0 Å². The molecule has 1 rings (SSSR count). The van der Waals surface area contributed by atoms with E-state index in [-0.39, 0.29) is 18.0 Å². The summed E-state index contributed by atoms with van der Waals surface area (Å²) in [7, 11) is 3.18. The average Bonchev–Trinajstić information content (AvgIpc) is 2.30. The predicted octanol–water partition coefficient (Wildman–Crippen LogP) is 0.379. The Bertz CT molecular complexity index is 133. The largest absolute Gasteiger partial charge is 0.381 e. The molecule has 0 aromatic carbocycles. The van der Waals surface area contributed by atoms with Crippen molar-refractivity contribution in [1.82, 2.24) is 0 Å². The van der Waals surface area contributed by atoms with Gasteiger partial charge in [-0.1, -0.05) is 0 Å². The molecule has 0 aliphatic heterocycles. The van der Waals surface area contributed by atoms with Crippen LogP contribution < -0.4 is 0 Å². The van der Waals surface area contributed by atoms with Crippen LogP contribution >= 0.6 is 0 Å². The van der Waals surface area contributed by atoms with E-state index in [1.54, 1.807) is 14.2 Å². The first-order valence-corrected chi connectivity index (χ1v) is 3.36. The Morgan fingerprint density at radius 3 is 2.40 bits per heavy atom. The van der Waals surface area contributed by atoms with Crippen molar-refractivity contribution in [3.63, 3.8) is 0 Å². The number of hydrogen-bond donors (Lipinski definition) is 0. The summed E-state index contributed by atoms with van der Waals surface area (Å²) < 4.78 is 9.94. The van der Waals surface area contributed by atoms with Crippen molar-refractivity contribution in [3.8, 4) is 0 Å². The highest BCUT2D eigenvalue weighted by Crippen LogP contribution is 2.19. The van der Waals surface area contributed by atoms with E-state index in [1.165, 1.54) is 0 Å². The third-order valence-electron chi connectivity index (χ3n) is 1.88. The maximum atomic E-state index is 11.0. The van der Waals surface area contributed by atoms with Crippen LogP contribution in [-0.4, -0.2) is 32.2 Å². The first-order chi connectivity index (χ1) is 4.77. The number of ketones is 1. The lowest BCUT2D eigenvalue weighted by Crippen LogP contribution is -2.14. The molecule has 1 fully saturated rings. The van der Waals surface area contributed by atoms with Gasteiger partial charge in [0, 0.05) is 27.1 Å². The molecule has 58 valence electrons. The Morgan fingerprint density at radius 2 is 2.10 bits per heavy atom. The van der Waals surface area contributed by atoms with E-state index in [2.05, 4.69) is 0 Å². The molecule has 2 atom stereocenters. The van der Waals surface area contributed by atoms with Crippen molar-refractivity contribution >= 4 is 5.78 Å². The van der Waals surface area contributed by atoms with Gasteiger partial charge < -0.3 is 9.47 Å². The Labute approximate surface area is 60.3 Å². The number of methoxy groups -OCH3 is 2. The minimum absolute atomic E-state index is 0.0810. The second-order valence-electron chi connectivity index (χ2n) is 2.49. The zero-order chi connectivity index (χ0) is 7.56. The van der Waals surface area contributed by atoms with Gasteiger partial charge in [0.05, 0.1) is 6.10 Å². The van der Waals surface area contributed by atoms with Crippen LogP contribution in [0, 0.1) is 0 Å². The summed E-state index contributed by atoms with van der Waals surface area (Å²) >= 11 is 0. The Kier molecular flexibility index (Phi) is 2.40. The molecule has 2 unspecified atom stereocenters. The van der Waals surface area contributed by atoms with E-state index in [4.69, 9.17) is 9.47 Å². The third-order valence-corrected chi connectivity index (χ3v) is 1.88. The smallest absolute Gasteiger partial charge is 0.164 e. The summed E-state index contributed by atoms with van der Waals surface area (Å²) in [5, 5.41) is 0. The van der Waals surface area contributed by atoms with Gasteiger partial charge in [-0.15, -0.1) is 0 Å². The molecule has 0 saturated heterocycles. The van der Waals surface area contributed by atoms with Crippen molar-refractivity contribution in [1.29, 1.82) is 0 Å². The lowest BCUT2D eigenvalue weighted by Gasteiger charge is -2.05. The zero-order valence-corrected chi connectivity index (χ0v) is 6.29. The van der Waals surface area contributed by atoms with Crippen LogP contribution in [0.1, 0.15) is 12.8 Å². The summed E-state index contributed by atoms with van der Waals surface area (Å²) in [6.07, 6.45) is 1.09. The quantitative estimate of drug-likeness (QED) is 0.562. The summed E-state index contributed by atoms with van der Waals surface area (Å²) in [5.74, 6) is 0.161. The minimum atomic E-state index is -0.218. The minimum Gasteiger partial charge on any atom is -0.381 e. The fourth-order valence-electron chi connectivity index (χ4n) is 1.22. The molecule has 0 N–H and O–H groups in total. The summed E-state index contributed by atoms with van der Waals surface area (Å²) in [6, 6.07) is 0. The monoisotopic (exact) mass is 144 g/mol. The molecular formula is C7H12O3. The number of carbonyl (C=O) groups excluding carboxylic acids is 1. The Morgan fingerprint density at radius 1 is 1.40 bits per heavy atom. The van der Waals surface area contributed by atoms with Crippen molar-refractivity contribution < 1.29 is 14.3 Å². The molecule has 3 heteroatoms. The molecular weight excluding hydrogens is 132 g/mol. The molecule has 1 aliphatic carbocycles. The van der Waals surface area contributed by atoms with Gasteiger partial charge in [-0.25, -0.2) is 0 Å². The van der Waals surface area contributed by atoms with Gasteiger partial charge in [-0.2, -0.15) is 0 Å². The number of hydrogen-bond acceptors (Lipinski definition) is 3. The van der Waals surface area contributed by atoms with Gasteiger partial charge in [0.1, 0.15) is 6.10 Å². The molecule has 0 aromatic rings. The van der Waals surface area contributed by atoms with E-state index in [0.29, 0.717) is 12.8 Å². The van der Waals surface area contributed by atoms with E-state index in [9.17, 15) is 4.79 Å². The number of rotatable bonds is 2. The Hall–Kier alpha value is -0.410. The summed E-state index contributed by atoms with van der Waals surface area (Å²) in [4.78, 5) is 11.0. The van der Waals surface area contributed by atoms with Gasteiger partial charge in [0.2, 0.25) is 0 Å². The second-order valence-corrected chi connectivity index (χ2v) is 2.49. The molecule has 0 aromatic heterocycles. The molecule has 0 radical (unpaired) electrons. The van der Waals surface area contributed by atoms with Gasteiger partial charge in [0.25, 0.3) is 0 Å². The normalized spacial score (nSPS) is 33.2. The van der Waals surface area contributed by atoms with Crippen LogP contribution in [0.2, 0.25) is 0 Å². The SMILES string of the molecule is COC1CC(=O)C(OC)C1. The lowest BCUT2D eigenvalue weighted by molar-refractivity contribution is -0.125. The fourth-order valence-corrected chi connectivity index (χ4v) is 1.22. The second kappa shape index (κ2) is 3.12. The van der Waals surface area contributed by atoms with Crippen molar-refractivity contribution in [2.24, 2.45) is 0 Å². The third kappa shape index (κ3) is 1.36. The number of carbonyl (C=O) groups is 1. The number of Topliss-reactive ketones (excluding diaryl/α,β-unsaturated/α-hetero) is 1. The first-order valence-electron chi connectivity index (χ1n) is 3.36. The summed E-state index contributed by atoms with van der Waals surface area (Å²) in [6.45, 7) is 0. The van der Waals surface area contributed by atoms with Gasteiger partial charge in [-0.05, 0) is 0 Å². The highest BCUT2D eigenvalue weighted by Gasteiger charge is 2.32. The van der Waals surface area contributed by atoms with E-state index in [1.807, 2.05) is 0 Å². The van der Waals surface area contributed by atoms with Crippen LogP contribution in [-0.2, 0) is 14.3 Å². The maximum absolute atomic E-state index is 11.0. The molecule has 0 bridgehead atoms. The molecule has 1 aliphatic rings. The van der Waals surface area contributed by atoms with Crippen molar-refractivity contribution in [2.45, 2.75) is 25.0 Å². The molecule has 0 amide bonds. The van der Waals surface area contributed by atoms with Crippen molar-refractivity contribution in [3.05, 3.63) is 0 Å². The predicted molar refractivity (Wildman–Crippen MR) is 35.8 cm³/mol. The maximum Gasteiger partial charge on any atom is 0.164 e. The van der Waals surface area contributed by atoms with Gasteiger partial charge >= 0.3 is 0 Å². The van der Waals surface area contributed by atoms with E-state index >= 15 is 0 Å². The fraction of sp³-hybridized carbons (Fsp3) is 0.857. The van der Waals surface area contributed by atoms with Gasteiger partial charge in [0.15, 0.2) is 5.78 Å². The molecule has 0 heterocycles. The van der Waals surface area contributed by atoms with Gasteiger partial charge in [-0.3, -0.25) is 4.79 Å². The zero-order valence-electron chi connectivity index (χ0n) is 6.29. The lowest BCUT2D eigenvalue weighted by atomic mass is 10.3. The van der Waals surface area contributed by atoms with E-state index < -0.39 is 0 Å². The van der Waals surface area contributed by atoms with Crippen LogP contribution in [0.4, 0.5) is 0 Å². The average molecular weight is 144 g/mol. The molecule has 3 nitrogen and oxygen atoms in total. The topological polar surface area (TPSA) is 35.5 Å². The van der Waals surface area contributed by atoms with Crippen LogP contribution in [0.25, 0.3) is 0 Å².